The monoisotopic (exact) mass is 552 g/mol. The van der Waals surface area contributed by atoms with Gasteiger partial charge in [0.1, 0.15) is 17.8 Å². The highest BCUT2D eigenvalue weighted by atomic mass is 32.2. The molecule has 0 spiro atoms. The minimum Gasteiger partial charge on any atom is -0.492 e. The predicted octanol–water partition coefficient (Wildman–Crippen LogP) is 6.17. The van der Waals surface area contributed by atoms with Gasteiger partial charge in [-0.15, -0.1) is 23.4 Å². The molecule has 1 aliphatic heterocycles. The minimum absolute atomic E-state index is 0.302. The first-order valence-corrected chi connectivity index (χ1v) is 13.0. The summed E-state index contributed by atoms with van der Waals surface area (Å²) in [5.74, 6) is 1.90. The van der Waals surface area contributed by atoms with Gasteiger partial charge in [0.2, 0.25) is 0 Å². The second kappa shape index (κ2) is 11.6. The molecule has 8 nitrogen and oxygen atoms in total. The number of thioether (sulfide) groups is 1. The Labute approximate surface area is 226 Å². The number of nitrogens with zero attached hydrogens (tertiary/aromatic N) is 6. The number of anilines is 1. The van der Waals surface area contributed by atoms with Crippen LogP contribution < -0.4 is 14.4 Å². The lowest BCUT2D eigenvalue weighted by molar-refractivity contribution is -0.274. The zero-order valence-corrected chi connectivity index (χ0v) is 21.6. The molecule has 1 saturated heterocycles. The molecular weight excluding hydrogens is 529 g/mol. The first-order chi connectivity index (χ1) is 18.9. The number of rotatable bonds is 8. The van der Waals surface area contributed by atoms with Crippen molar-refractivity contribution < 1.29 is 22.6 Å². The minimum atomic E-state index is -4.74. The first-order valence-electron chi connectivity index (χ1n) is 12.0. The van der Waals surface area contributed by atoms with Crippen LogP contribution in [0.15, 0.2) is 89.3 Å². The fourth-order valence-electron chi connectivity index (χ4n) is 3.85. The van der Waals surface area contributed by atoms with Crippen LogP contribution in [0.2, 0.25) is 0 Å². The third-order valence-corrected chi connectivity index (χ3v) is 6.53. The molecule has 2 heterocycles. The van der Waals surface area contributed by atoms with Crippen LogP contribution in [-0.4, -0.2) is 51.4 Å². The maximum absolute atomic E-state index is 12.4. The van der Waals surface area contributed by atoms with Gasteiger partial charge < -0.3 is 14.4 Å². The van der Waals surface area contributed by atoms with Crippen LogP contribution in [0.5, 0.6) is 11.5 Å². The SMILES string of the molecule is CCOc1ccccc1N1CCSC1=NN=Cc1ccc(-c2ncn(-c3ccc(OC(F)(F)F)cc3)n2)cc1. The first kappa shape index (κ1) is 26.3. The molecule has 0 atom stereocenters. The maximum atomic E-state index is 12.4. The largest absolute Gasteiger partial charge is 0.573 e. The highest BCUT2D eigenvalue weighted by Gasteiger charge is 2.31. The van der Waals surface area contributed by atoms with Crippen LogP contribution in [-0.2, 0) is 0 Å². The normalized spacial score (nSPS) is 14.9. The van der Waals surface area contributed by atoms with E-state index < -0.39 is 6.36 Å². The van der Waals surface area contributed by atoms with Crippen molar-refractivity contribution in [1.82, 2.24) is 14.8 Å². The molecule has 200 valence electrons. The molecule has 1 aliphatic rings. The number of hydrogen-bond donors (Lipinski definition) is 0. The maximum Gasteiger partial charge on any atom is 0.573 e. The number of benzene rings is 3. The van der Waals surface area contributed by atoms with Gasteiger partial charge in [-0.25, -0.2) is 9.67 Å². The van der Waals surface area contributed by atoms with Crippen molar-refractivity contribution in [1.29, 1.82) is 0 Å². The van der Waals surface area contributed by atoms with Crippen LogP contribution in [0.1, 0.15) is 12.5 Å². The molecule has 1 aromatic heterocycles. The highest BCUT2D eigenvalue weighted by molar-refractivity contribution is 8.14. The second-order valence-corrected chi connectivity index (χ2v) is 9.27. The molecule has 4 aromatic rings. The molecule has 0 N–H and O–H groups in total. The van der Waals surface area contributed by atoms with Crippen molar-refractivity contribution in [3.05, 3.63) is 84.7 Å². The number of halogens is 3. The van der Waals surface area contributed by atoms with Crippen molar-refractivity contribution in [2.45, 2.75) is 13.3 Å². The van der Waals surface area contributed by atoms with Crippen LogP contribution in [0, 0.1) is 0 Å². The third kappa shape index (κ3) is 6.58. The Hall–Kier alpha value is -4.32. The zero-order valence-electron chi connectivity index (χ0n) is 20.7. The number of aromatic nitrogens is 3. The zero-order chi connectivity index (χ0) is 27.2. The van der Waals surface area contributed by atoms with E-state index in [0.29, 0.717) is 18.1 Å². The summed E-state index contributed by atoms with van der Waals surface area (Å²) in [6.45, 7) is 3.37. The average molecular weight is 553 g/mol. The summed E-state index contributed by atoms with van der Waals surface area (Å²) in [5.41, 5.74) is 3.15. The Balaban J connectivity index is 1.25. The summed E-state index contributed by atoms with van der Waals surface area (Å²) in [5, 5.41) is 14.0. The van der Waals surface area contributed by atoms with E-state index in [1.165, 1.54) is 35.3 Å². The lowest BCUT2D eigenvalue weighted by atomic mass is 10.1. The number of alkyl halides is 3. The van der Waals surface area contributed by atoms with Gasteiger partial charge >= 0.3 is 6.36 Å². The summed E-state index contributed by atoms with van der Waals surface area (Å²) in [6.07, 6.45) is -1.56. The second-order valence-electron chi connectivity index (χ2n) is 8.20. The van der Waals surface area contributed by atoms with Gasteiger partial charge in [0.25, 0.3) is 0 Å². The number of para-hydroxylation sites is 2. The molecule has 0 unspecified atom stereocenters. The topological polar surface area (TPSA) is 77.1 Å². The van der Waals surface area contributed by atoms with Gasteiger partial charge in [0.05, 0.1) is 24.2 Å². The van der Waals surface area contributed by atoms with Gasteiger partial charge in [-0.1, -0.05) is 48.2 Å². The van der Waals surface area contributed by atoms with Crippen molar-refractivity contribution in [2.24, 2.45) is 10.2 Å². The fraction of sp³-hybridized carbons (Fsp3) is 0.185. The molecule has 0 saturated carbocycles. The van der Waals surface area contributed by atoms with E-state index in [1.54, 1.807) is 18.0 Å². The van der Waals surface area contributed by atoms with Crippen LogP contribution >= 0.6 is 11.8 Å². The van der Waals surface area contributed by atoms with E-state index >= 15 is 0 Å². The number of ether oxygens (including phenoxy) is 2. The predicted molar refractivity (Wildman–Crippen MR) is 146 cm³/mol. The Morgan fingerprint density at radius 2 is 1.79 bits per heavy atom. The summed E-state index contributed by atoms with van der Waals surface area (Å²) in [4.78, 5) is 6.42. The van der Waals surface area contributed by atoms with Crippen LogP contribution in [0.3, 0.4) is 0 Å². The third-order valence-electron chi connectivity index (χ3n) is 5.58. The lowest BCUT2D eigenvalue weighted by Crippen LogP contribution is -2.24. The molecule has 3 aromatic carbocycles. The summed E-state index contributed by atoms with van der Waals surface area (Å²) < 4.78 is 48.3. The van der Waals surface area contributed by atoms with E-state index in [9.17, 15) is 13.2 Å². The van der Waals surface area contributed by atoms with E-state index in [2.05, 4.69) is 29.9 Å². The van der Waals surface area contributed by atoms with E-state index in [1.807, 2.05) is 55.5 Å². The molecule has 0 bridgehead atoms. The average Bonchev–Trinajstić information content (AvgIpc) is 3.60. The van der Waals surface area contributed by atoms with Gasteiger partial charge in [-0.2, -0.15) is 5.10 Å². The molecular formula is C27H23F3N6O2S. The number of hydrogen-bond acceptors (Lipinski definition) is 7. The van der Waals surface area contributed by atoms with Crippen LogP contribution in [0.4, 0.5) is 18.9 Å². The van der Waals surface area contributed by atoms with Crippen LogP contribution in [0.25, 0.3) is 17.1 Å². The van der Waals surface area contributed by atoms with E-state index in [4.69, 9.17) is 4.74 Å². The Bertz CT molecular complexity index is 1470. The van der Waals surface area contributed by atoms with E-state index in [0.717, 1.165) is 40.0 Å². The van der Waals surface area contributed by atoms with Gasteiger partial charge in [-0.3, -0.25) is 0 Å². The summed E-state index contributed by atoms with van der Waals surface area (Å²) >= 11 is 1.64. The standard InChI is InChI=1S/C27H23F3N6O2S/c1-2-37-24-6-4-3-5-23(24)35-15-16-39-26(35)33-32-17-19-7-9-20(10-8-19)25-31-18-36(34-25)21-11-13-22(14-12-21)38-27(28,29)30/h3-14,17-18H,2,15-16H2,1H3. The molecule has 0 aliphatic carbocycles. The summed E-state index contributed by atoms with van der Waals surface area (Å²) in [6, 6.07) is 20.8. The molecule has 0 amide bonds. The fourth-order valence-corrected chi connectivity index (χ4v) is 4.76. The highest BCUT2D eigenvalue weighted by Crippen LogP contribution is 2.33. The molecule has 12 heteroatoms. The Kier molecular flexibility index (Phi) is 7.82. The Morgan fingerprint density at radius 3 is 2.54 bits per heavy atom. The molecule has 1 fully saturated rings. The van der Waals surface area contributed by atoms with Gasteiger partial charge in [-0.05, 0) is 48.9 Å². The molecule has 0 radical (unpaired) electrons. The van der Waals surface area contributed by atoms with Gasteiger partial charge in [0.15, 0.2) is 11.0 Å². The smallest absolute Gasteiger partial charge is 0.492 e. The van der Waals surface area contributed by atoms with Crippen molar-refractivity contribution in [3.8, 4) is 28.6 Å². The van der Waals surface area contributed by atoms with E-state index in [-0.39, 0.29) is 5.75 Å². The Morgan fingerprint density at radius 1 is 1.03 bits per heavy atom. The van der Waals surface area contributed by atoms with Gasteiger partial charge in [0, 0.05) is 17.9 Å². The summed E-state index contributed by atoms with van der Waals surface area (Å²) in [7, 11) is 0. The lowest BCUT2D eigenvalue weighted by Gasteiger charge is -2.20. The van der Waals surface area contributed by atoms with Crippen molar-refractivity contribution in [3.63, 3.8) is 0 Å². The quantitative estimate of drug-likeness (QED) is 0.192. The molecule has 39 heavy (non-hydrogen) atoms. The molecule has 5 rings (SSSR count). The van der Waals surface area contributed by atoms with Crippen molar-refractivity contribution >= 4 is 28.8 Å². The number of amidine groups is 1. The van der Waals surface area contributed by atoms with Crippen molar-refractivity contribution in [2.75, 3.05) is 23.8 Å².